The minimum Gasteiger partial charge on any atom is -0.493 e. The van der Waals surface area contributed by atoms with Crippen molar-refractivity contribution < 1.29 is 9.90 Å². The highest BCUT2D eigenvalue weighted by Gasteiger charge is 2.21. The van der Waals surface area contributed by atoms with Crippen molar-refractivity contribution in [2.24, 2.45) is 5.92 Å². The first-order valence-electron chi connectivity index (χ1n) is 8.57. The van der Waals surface area contributed by atoms with Crippen LogP contribution in [-0.2, 0) is 0 Å². The van der Waals surface area contributed by atoms with Gasteiger partial charge in [0.15, 0.2) is 5.56 Å². The largest absolute Gasteiger partial charge is 0.493 e. The van der Waals surface area contributed by atoms with Crippen molar-refractivity contribution in [3.05, 3.63) is 39.8 Å². The first-order chi connectivity index (χ1) is 11.6. The standard InChI is InChI=1S/C18H23N3O3/c1-12-6-5-11-21-15(12)20-17(23)14(18(21)24)16(22)19-10-9-13-7-3-2-4-8-13/h5-6,11,13,24H,2-4,7-10H2,1H3,(H,19,22). The molecule has 0 saturated heterocycles. The maximum absolute atomic E-state index is 12.3. The number of pyridine rings is 1. The van der Waals surface area contributed by atoms with E-state index in [1.54, 1.807) is 25.3 Å². The zero-order chi connectivity index (χ0) is 17.1. The Kier molecular flexibility index (Phi) is 4.83. The van der Waals surface area contributed by atoms with Gasteiger partial charge in [0, 0.05) is 12.7 Å². The van der Waals surface area contributed by atoms with Crippen molar-refractivity contribution >= 4 is 11.6 Å². The van der Waals surface area contributed by atoms with Gasteiger partial charge in [-0.25, -0.2) is 0 Å². The number of nitrogens with zero attached hydrogens (tertiary/aromatic N) is 2. The predicted octanol–water partition coefficient (Wildman–Crippen LogP) is 2.41. The molecule has 1 fully saturated rings. The van der Waals surface area contributed by atoms with Crippen LogP contribution in [0.15, 0.2) is 23.1 Å². The van der Waals surface area contributed by atoms with Crippen molar-refractivity contribution in [2.75, 3.05) is 6.54 Å². The van der Waals surface area contributed by atoms with E-state index >= 15 is 0 Å². The zero-order valence-corrected chi connectivity index (χ0v) is 13.9. The first-order valence-corrected chi connectivity index (χ1v) is 8.57. The third kappa shape index (κ3) is 3.27. The van der Waals surface area contributed by atoms with Gasteiger partial charge in [-0.3, -0.25) is 14.0 Å². The number of hydrogen-bond acceptors (Lipinski definition) is 4. The number of aromatic nitrogens is 2. The van der Waals surface area contributed by atoms with E-state index in [1.165, 1.54) is 36.5 Å². The van der Waals surface area contributed by atoms with E-state index in [4.69, 9.17) is 0 Å². The Hall–Kier alpha value is -2.37. The Bertz CT molecular complexity index is 807. The summed E-state index contributed by atoms with van der Waals surface area (Å²) in [4.78, 5) is 28.4. The Morgan fingerprint density at radius 2 is 2.12 bits per heavy atom. The van der Waals surface area contributed by atoms with Gasteiger partial charge >= 0.3 is 0 Å². The molecule has 0 unspecified atom stereocenters. The second kappa shape index (κ2) is 7.03. The van der Waals surface area contributed by atoms with E-state index in [0.29, 0.717) is 18.1 Å². The van der Waals surface area contributed by atoms with E-state index in [-0.39, 0.29) is 11.4 Å². The number of amides is 1. The maximum atomic E-state index is 12.3. The highest BCUT2D eigenvalue weighted by atomic mass is 16.3. The minimum absolute atomic E-state index is 0.290. The topological polar surface area (TPSA) is 83.7 Å². The molecule has 1 aliphatic carbocycles. The minimum atomic E-state index is -0.697. The van der Waals surface area contributed by atoms with Gasteiger partial charge in [-0.05, 0) is 30.9 Å². The fourth-order valence-corrected chi connectivity index (χ4v) is 3.44. The summed E-state index contributed by atoms with van der Waals surface area (Å²) in [5, 5.41) is 13.1. The molecule has 0 bridgehead atoms. The average Bonchev–Trinajstić information content (AvgIpc) is 2.57. The molecule has 6 nitrogen and oxygen atoms in total. The van der Waals surface area contributed by atoms with Crippen LogP contribution in [-0.4, -0.2) is 26.9 Å². The molecule has 0 aromatic carbocycles. The van der Waals surface area contributed by atoms with Gasteiger partial charge in [0.2, 0.25) is 5.88 Å². The van der Waals surface area contributed by atoms with Crippen LogP contribution in [0.2, 0.25) is 0 Å². The lowest BCUT2D eigenvalue weighted by Gasteiger charge is -2.21. The van der Waals surface area contributed by atoms with Crippen LogP contribution >= 0.6 is 0 Å². The number of nitrogens with one attached hydrogen (secondary N) is 1. The lowest BCUT2D eigenvalue weighted by molar-refractivity contribution is 0.0945. The Morgan fingerprint density at radius 1 is 1.38 bits per heavy atom. The van der Waals surface area contributed by atoms with Gasteiger partial charge < -0.3 is 10.4 Å². The van der Waals surface area contributed by atoms with Crippen LogP contribution < -0.4 is 10.9 Å². The van der Waals surface area contributed by atoms with Crippen LogP contribution in [0.3, 0.4) is 0 Å². The molecule has 2 aromatic heterocycles. The van der Waals surface area contributed by atoms with Crippen LogP contribution in [0.4, 0.5) is 0 Å². The van der Waals surface area contributed by atoms with Crippen molar-refractivity contribution in [1.82, 2.24) is 14.7 Å². The summed E-state index contributed by atoms with van der Waals surface area (Å²) in [5.41, 5.74) is 0.131. The molecule has 0 radical (unpaired) electrons. The molecule has 6 heteroatoms. The van der Waals surface area contributed by atoms with Crippen LogP contribution in [0.5, 0.6) is 5.88 Å². The SMILES string of the molecule is Cc1cccn2c(O)c(C(=O)NCCC3CCCCC3)c(=O)nc12. The normalized spacial score (nSPS) is 15.5. The number of carbonyl (C=O) groups excluding carboxylic acids is 1. The molecule has 1 amide bonds. The van der Waals surface area contributed by atoms with E-state index in [2.05, 4.69) is 10.3 Å². The molecule has 2 N–H and O–H groups in total. The third-order valence-corrected chi connectivity index (χ3v) is 4.83. The lowest BCUT2D eigenvalue weighted by Crippen LogP contribution is -2.32. The Morgan fingerprint density at radius 3 is 2.88 bits per heavy atom. The summed E-state index contributed by atoms with van der Waals surface area (Å²) in [5.74, 6) is -0.272. The summed E-state index contributed by atoms with van der Waals surface area (Å²) >= 11 is 0. The average molecular weight is 329 g/mol. The number of fused-ring (bicyclic) bond motifs is 1. The quantitative estimate of drug-likeness (QED) is 0.902. The highest BCUT2D eigenvalue weighted by Crippen LogP contribution is 2.25. The van der Waals surface area contributed by atoms with Crippen molar-refractivity contribution in [1.29, 1.82) is 0 Å². The van der Waals surface area contributed by atoms with E-state index < -0.39 is 11.5 Å². The smallest absolute Gasteiger partial charge is 0.290 e. The zero-order valence-electron chi connectivity index (χ0n) is 13.9. The van der Waals surface area contributed by atoms with Gasteiger partial charge in [-0.2, -0.15) is 4.98 Å². The molecule has 2 heterocycles. The lowest BCUT2D eigenvalue weighted by atomic mass is 9.87. The Labute approximate surface area is 140 Å². The molecule has 0 aliphatic heterocycles. The molecular formula is C18H23N3O3. The van der Waals surface area contributed by atoms with E-state index in [1.807, 2.05) is 0 Å². The van der Waals surface area contributed by atoms with Gasteiger partial charge in [-0.1, -0.05) is 38.2 Å². The van der Waals surface area contributed by atoms with Crippen molar-refractivity contribution in [2.45, 2.75) is 45.4 Å². The van der Waals surface area contributed by atoms with Crippen molar-refractivity contribution in [3.63, 3.8) is 0 Å². The number of hydrogen-bond donors (Lipinski definition) is 2. The molecule has 1 saturated carbocycles. The number of rotatable bonds is 4. The summed E-state index contributed by atoms with van der Waals surface area (Å²) in [6, 6.07) is 3.53. The monoisotopic (exact) mass is 329 g/mol. The van der Waals surface area contributed by atoms with Crippen molar-refractivity contribution in [3.8, 4) is 5.88 Å². The predicted molar refractivity (Wildman–Crippen MR) is 91.4 cm³/mol. The summed E-state index contributed by atoms with van der Waals surface area (Å²) in [7, 11) is 0. The third-order valence-electron chi connectivity index (χ3n) is 4.83. The number of carbonyl (C=O) groups is 1. The van der Waals surface area contributed by atoms with E-state index in [0.717, 1.165) is 12.0 Å². The summed E-state index contributed by atoms with van der Waals surface area (Å²) < 4.78 is 1.37. The van der Waals surface area contributed by atoms with Gasteiger partial charge in [0.05, 0.1) is 0 Å². The Balaban J connectivity index is 1.76. The van der Waals surface area contributed by atoms with Gasteiger partial charge in [-0.15, -0.1) is 0 Å². The molecule has 2 aromatic rings. The van der Waals surface area contributed by atoms with Gasteiger partial charge in [0.1, 0.15) is 5.65 Å². The summed E-state index contributed by atoms with van der Waals surface area (Å²) in [6.45, 7) is 2.31. The molecule has 0 spiro atoms. The molecule has 3 rings (SSSR count). The fourth-order valence-electron chi connectivity index (χ4n) is 3.44. The molecule has 1 aliphatic rings. The number of aryl methyl sites for hydroxylation is 1. The summed E-state index contributed by atoms with van der Waals surface area (Å²) in [6.07, 6.45) is 8.73. The second-order valence-electron chi connectivity index (χ2n) is 6.55. The molecule has 24 heavy (non-hydrogen) atoms. The molecule has 128 valence electrons. The maximum Gasteiger partial charge on any atom is 0.290 e. The van der Waals surface area contributed by atoms with Gasteiger partial charge in [0.25, 0.3) is 11.5 Å². The van der Waals surface area contributed by atoms with Crippen LogP contribution in [0, 0.1) is 12.8 Å². The second-order valence-corrected chi connectivity index (χ2v) is 6.55. The highest BCUT2D eigenvalue weighted by molar-refractivity contribution is 5.96. The van der Waals surface area contributed by atoms with Crippen LogP contribution in [0.1, 0.15) is 54.4 Å². The fraction of sp³-hybridized carbons (Fsp3) is 0.500. The molecule has 0 atom stereocenters. The number of aromatic hydroxyl groups is 1. The molecular weight excluding hydrogens is 306 g/mol. The van der Waals surface area contributed by atoms with Crippen LogP contribution in [0.25, 0.3) is 5.65 Å². The first kappa shape index (κ1) is 16.5. The van der Waals surface area contributed by atoms with E-state index in [9.17, 15) is 14.7 Å².